The van der Waals surface area contributed by atoms with Crippen molar-refractivity contribution in [3.63, 3.8) is 0 Å². The van der Waals surface area contributed by atoms with Crippen LogP contribution < -0.4 is 14.8 Å². The summed E-state index contributed by atoms with van der Waals surface area (Å²) in [5, 5.41) is 3.59. The van der Waals surface area contributed by atoms with Gasteiger partial charge >= 0.3 is 0 Å². The fourth-order valence-corrected chi connectivity index (χ4v) is 4.22. The lowest BCUT2D eigenvalue weighted by Gasteiger charge is -2.38. The van der Waals surface area contributed by atoms with Crippen molar-refractivity contribution >= 4 is 29.1 Å². The summed E-state index contributed by atoms with van der Waals surface area (Å²) < 4.78 is 16.0. The first kappa shape index (κ1) is 21.4. The zero-order valence-electron chi connectivity index (χ0n) is 17.7. The third-order valence-corrected chi connectivity index (χ3v) is 6.02. The first-order chi connectivity index (χ1) is 16.1. The minimum atomic E-state index is -0.548. The second-order valence-electron chi connectivity index (χ2n) is 7.82. The maximum Gasteiger partial charge on any atom is 0.289 e. The maximum atomic E-state index is 13.4. The van der Waals surface area contributed by atoms with E-state index in [1.807, 2.05) is 12.1 Å². The van der Waals surface area contributed by atoms with Crippen LogP contribution in [0.25, 0.3) is 0 Å². The van der Waals surface area contributed by atoms with Crippen LogP contribution in [0.2, 0.25) is 5.02 Å². The second-order valence-corrected chi connectivity index (χ2v) is 8.25. The normalized spacial score (nSPS) is 16.5. The van der Waals surface area contributed by atoms with Crippen molar-refractivity contribution in [3.8, 4) is 11.5 Å². The van der Waals surface area contributed by atoms with Gasteiger partial charge < -0.3 is 24.1 Å². The zero-order valence-corrected chi connectivity index (χ0v) is 18.5. The molecule has 3 aromatic rings. The molecule has 9 heteroatoms. The molecule has 2 aromatic carbocycles. The Bertz CT molecular complexity index is 1140. The number of fused-ring (bicyclic) bond motifs is 1. The lowest BCUT2D eigenvalue weighted by atomic mass is 10.0. The van der Waals surface area contributed by atoms with Crippen molar-refractivity contribution in [2.75, 3.05) is 38.3 Å². The van der Waals surface area contributed by atoms with E-state index < -0.39 is 6.04 Å². The molecule has 0 aliphatic carbocycles. The molecule has 1 fully saturated rings. The van der Waals surface area contributed by atoms with E-state index in [1.54, 1.807) is 47.4 Å². The highest BCUT2D eigenvalue weighted by Crippen LogP contribution is 2.35. The summed E-state index contributed by atoms with van der Waals surface area (Å²) in [4.78, 5) is 29.9. The standard InChI is InChI=1S/C24H22ClN3O5/c25-17-5-3-16(4-6-17)22(23(29)26-18-7-8-19-21(14-18)33-15-32-19)27-9-11-28(12-10-27)24(30)20-2-1-13-31-20/h1-8,13-14,22H,9-12,15H2,(H,26,29)/t22-/m0/s1. The maximum absolute atomic E-state index is 13.4. The number of ether oxygens (including phenoxy) is 2. The van der Waals surface area contributed by atoms with E-state index in [-0.39, 0.29) is 18.6 Å². The summed E-state index contributed by atoms with van der Waals surface area (Å²) in [5.74, 6) is 1.24. The number of amides is 2. The number of halogens is 1. The zero-order chi connectivity index (χ0) is 22.8. The van der Waals surface area contributed by atoms with Crippen LogP contribution in [0.15, 0.2) is 65.3 Å². The van der Waals surface area contributed by atoms with Crippen LogP contribution in [0.4, 0.5) is 5.69 Å². The van der Waals surface area contributed by atoms with Crippen molar-refractivity contribution in [2.45, 2.75) is 6.04 Å². The molecule has 1 N–H and O–H groups in total. The largest absolute Gasteiger partial charge is 0.459 e. The van der Waals surface area contributed by atoms with Gasteiger partial charge in [0.15, 0.2) is 17.3 Å². The Kier molecular flexibility index (Phi) is 5.93. The van der Waals surface area contributed by atoms with Gasteiger partial charge in [0.05, 0.1) is 6.26 Å². The van der Waals surface area contributed by atoms with Gasteiger partial charge in [-0.25, -0.2) is 0 Å². The van der Waals surface area contributed by atoms with Crippen LogP contribution in [0.1, 0.15) is 22.2 Å². The van der Waals surface area contributed by atoms with E-state index in [1.165, 1.54) is 6.26 Å². The first-order valence-electron chi connectivity index (χ1n) is 10.6. The quantitative estimate of drug-likeness (QED) is 0.614. The number of benzene rings is 2. The molecule has 2 amide bonds. The molecule has 33 heavy (non-hydrogen) atoms. The minimum absolute atomic E-state index is 0.146. The van der Waals surface area contributed by atoms with Crippen molar-refractivity contribution in [2.24, 2.45) is 0 Å². The first-order valence-corrected chi connectivity index (χ1v) is 11.0. The number of furan rings is 1. The van der Waals surface area contributed by atoms with E-state index in [0.717, 1.165) is 5.56 Å². The van der Waals surface area contributed by atoms with Gasteiger partial charge in [-0.05, 0) is 42.0 Å². The topological polar surface area (TPSA) is 84.3 Å². The second kappa shape index (κ2) is 9.17. The highest BCUT2D eigenvalue weighted by atomic mass is 35.5. The minimum Gasteiger partial charge on any atom is -0.459 e. The predicted molar refractivity (Wildman–Crippen MR) is 122 cm³/mol. The molecule has 2 aliphatic rings. The molecule has 1 aromatic heterocycles. The number of carbonyl (C=O) groups excluding carboxylic acids is 2. The van der Waals surface area contributed by atoms with E-state index in [2.05, 4.69) is 10.2 Å². The molecule has 3 heterocycles. The van der Waals surface area contributed by atoms with E-state index in [9.17, 15) is 9.59 Å². The van der Waals surface area contributed by atoms with Crippen LogP contribution in [0, 0.1) is 0 Å². The Balaban J connectivity index is 1.33. The number of rotatable bonds is 5. The lowest BCUT2D eigenvalue weighted by molar-refractivity contribution is -0.122. The van der Waals surface area contributed by atoms with Crippen LogP contribution in [0.5, 0.6) is 11.5 Å². The van der Waals surface area contributed by atoms with Crippen molar-refractivity contribution in [1.82, 2.24) is 9.80 Å². The Morgan fingerprint density at radius 3 is 2.42 bits per heavy atom. The number of anilines is 1. The molecule has 0 unspecified atom stereocenters. The Labute approximate surface area is 195 Å². The number of nitrogens with zero attached hydrogens (tertiary/aromatic N) is 2. The average molecular weight is 468 g/mol. The van der Waals surface area contributed by atoms with Crippen LogP contribution in [-0.4, -0.2) is 54.6 Å². The Morgan fingerprint density at radius 2 is 1.70 bits per heavy atom. The van der Waals surface area contributed by atoms with Crippen molar-refractivity contribution in [3.05, 3.63) is 77.2 Å². The van der Waals surface area contributed by atoms with E-state index in [4.69, 9.17) is 25.5 Å². The number of hydrogen-bond acceptors (Lipinski definition) is 6. The van der Waals surface area contributed by atoms with Crippen LogP contribution in [0.3, 0.4) is 0 Å². The molecule has 0 bridgehead atoms. The van der Waals surface area contributed by atoms with Gasteiger partial charge in [0, 0.05) is 43.0 Å². The highest BCUT2D eigenvalue weighted by molar-refractivity contribution is 6.30. The molecule has 1 saturated heterocycles. The lowest BCUT2D eigenvalue weighted by Crippen LogP contribution is -2.51. The third-order valence-electron chi connectivity index (χ3n) is 5.77. The molecule has 1 atom stereocenters. The molecular weight excluding hydrogens is 446 g/mol. The van der Waals surface area contributed by atoms with Gasteiger partial charge in [-0.2, -0.15) is 0 Å². The smallest absolute Gasteiger partial charge is 0.289 e. The summed E-state index contributed by atoms with van der Waals surface area (Å²) >= 11 is 6.08. The van der Waals surface area contributed by atoms with Gasteiger partial charge in [0.25, 0.3) is 5.91 Å². The molecule has 8 nitrogen and oxygen atoms in total. The van der Waals surface area contributed by atoms with Gasteiger partial charge in [0.1, 0.15) is 6.04 Å². The number of piperazine rings is 1. The molecule has 2 aliphatic heterocycles. The summed E-state index contributed by atoms with van der Waals surface area (Å²) in [7, 11) is 0. The summed E-state index contributed by atoms with van der Waals surface area (Å²) in [6, 6.07) is 15.4. The molecule has 170 valence electrons. The molecule has 0 radical (unpaired) electrons. The molecular formula is C24H22ClN3O5. The number of carbonyl (C=O) groups is 2. The summed E-state index contributed by atoms with van der Waals surface area (Å²) in [5.41, 5.74) is 1.44. The van der Waals surface area contributed by atoms with Crippen molar-refractivity contribution < 1.29 is 23.5 Å². The van der Waals surface area contributed by atoms with Gasteiger partial charge in [-0.15, -0.1) is 0 Å². The van der Waals surface area contributed by atoms with Gasteiger partial charge in [-0.3, -0.25) is 14.5 Å². The Hall–Kier alpha value is -3.49. The SMILES string of the molecule is O=C(Nc1ccc2c(c1)OCO2)[C@H](c1ccc(Cl)cc1)N1CCN(C(=O)c2ccco2)CC1. The molecule has 0 saturated carbocycles. The van der Waals surface area contributed by atoms with E-state index in [0.29, 0.717) is 54.1 Å². The highest BCUT2D eigenvalue weighted by Gasteiger charge is 2.32. The fraction of sp³-hybridized carbons (Fsp3) is 0.250. The average Bonchev–Trinajstić information content (AvgIpc) is 3.52. The summed E-state index contributed by atoms with van der Waals surface area (Å²) in [6.07, 6.45) is 1.49. The Morgan fingerprint density at radius 1 is 0.939 bits per heavy atom. The molecule has 5 rings (SSSR count). The van der Waals surface area contributed by atoms with Crippen LogP contribution >= 0.6 is 11.6 Å². The van der Waals surface area contributed by atoms with Gasteiger partial charge in [-0.1, -0.05) is 23.7 Å². The predicted octanol–water partition coefficient (Wildman–Crippen LogP) is 3.80. The number of nitrogens with one attached hydrogen (secondary N) is 1. The molecule has 0 spiro atoms. The summed E-state index contributed by atoms with van der Waals surface area (Å²) in [6.45, 7) is 2.21. The van der Waals surface area contributed by atoms with E-state index >= 15 is 0 Å². The third kappa shape index (κ3) is 4.53. The monoisotopic (exact) mass is 467 g/mol. The number of hydrogen-bond donors (Lipinski definition) is 1. The van der Waals surface area contributed by atoms with Gasteiger partial charge in [0.2, 0.25) is 12.7 Å². The van der Waals surface area contributed by atoms with Crippen LogP contribution in [-0.2, 0) is 4.79 Å². The van der Waals surface area contributed by atoms with Crippen molar-refractivity contribution in [1.29, 1.82) is 0 Å². The fourth-order valence-electron chi connectivity index (χ4n) is 4.10.